The summed E-state index contributed by atoms with van der Waals surface area (Å²) in [5.74, 6) is 2.23. The van der Waals surface area contributed by atoms with Crippen LogP contribution in [0.3, 0.4) is 0 Å². The molecule has 0 bridgehead atoms. The van der Waals surface area contributed by atoms with Crippen molar-refractivity contribution in [3.05, 3.63) is 17.1 Å². The maximum Gasteiger partial charge on any atom is 0.430 e. The Bertz CT molecular complexity index is 558. The molecule has 2 rings (SSSR count). The SMILES string of the molecule is CC(C)COc1cc(N2CCCC2)c(OCC(C)C)cc1[N+]#N. The summed E-state index contributed by atoms with van der Waals surface area (Å²) in [4.78, 5) is 5.70. The summed E-state index contributed by atoms with van der Waals surface area (Å²) < 4.78 is 11.8. The highest BCUT2D eigenvalue weighted by atomic mass is 16.5. The summed E-state index contributed by atoms with van der Waals surface area (Å²) >= 11 is 0. The fraction of sp³-hybridized carbons (Fsp3) is 0.667. The van der Waals surface area contributed by atoms with E-state index in [1.54, 1.807) is 6.07 Å². The smallest absolute Gasteiger partial charge is 0.430 e. The Balaban J connectivity index is 2.33. The van der Waals surface area contributed by atoms with Crippen LogP contribution >= 0.6 is 0 Å². The first-order valence-electron chi connectivity index (χ1n) is 8.55. The lowest BCUT2D eigenvalue weighted by atomic mass is 10.2. The largest absolute Gasteiger partial charge is 0.491 e. The number of diazo groups is 1. The molecule has 0 spiro atoms. The van der Waals surface area contributed by atoms with Gasteiger partial charge < -0.3 is 14.4 Å². The zero-order valence-corrected chi connectivity index (χ0v) is 14.7. The molecule has 23 heavy (non-hydrogen) atoms. The van der Waals surface area contributed by atoms with Crippen LogP contribution in [0.1, 0.15) is 40.5 Å². The third-order valence-electron chi connectivity index (χ3n) is 3.74. The fourth-order valence-electron chi connectivity index (χ4n) is 2.57. The predicted octanol–water partition coefficient (Wildman–Crippen LogP) is 4.84. The average molecular weight is 318 g/mol. The van der Waals surface area contributed by atoms with Gasteiger partial charge >= 0.3 is 5.69 Å². The molecule has 0 N–H and O–H groups in total. The maximum absolute atomic E-state index is 9.32. The van der Waals surface area contributed by atoms with Crippen LogP contribution in [0.15, 0.2) is 12.1 Å². The van der Waals surface area contributed by atoms with E-state index in [1.807, 2.05) is 6.07 Å². The van der Waals surface area contributed by atoms with Gasteiger partial charge in [-0.2, -0.15) is 0 Å². The molecule has 1 aromatic carbocycles. The Morgan fingerprint density at radius 3 is 2.09 bits per heavy atom. The summed E-state index contributed by atoms with van der Waals surface area (Å²) in [6.45, 7) is 11.7. The lowest BCUT2D eigenvalue weighted by Crippen LogP contribution is -2.19. The van der Waals surface area contributed by atoms with Crippen LogP contribution in [0.2, 0.25) is 0 Å². The summed E-state index contributed by atoms with van der Waals surface area (Å²) in [5.41, 5.74) is 1.46. The fourth-order valence-corrected chi connectivity index (χ4v) is 2.57. The summed E-state index contributed by atoms with van der Waals surface area (Å²) in [6, 6.07) is 3.74. The molecule has 1 aliphatic heterocycles. The van der Waals surface area contributed by atoms with Crippen molar-refractivity contribution in [3.63, 3.8) is 0 Å². The van der Waals surface area contributed by atoms with E-state index in [1.165, 1.54) is 12.8 Å². The molecule has 5 nitrogen and oxygen atoms in total. The first-order chi connectivity index (χ1) is 11.0. The maximum atomic E-state index is 9.32. The van der Waals surface area contributed by atoms with Crippen LogP contribution in [0.5, 0.6) is 11.5 Å². The second-order valence-corrected chi connectivity index (χ2v) is 6.99. The number of anilines is 1. The van der Waals surface area contributed by atoms with E-state index in [9.17, 15) is 5.39 Å². The van der Waals surface area contributed by atoms with Crippen LogP contribution in [-0.4, -0.2) is 26.3 Å². The Hall–Kier alpha value is -1.96. The highest BCUT2D eigenvalue weighted by molar-refractivity contribution is 5.72. The molecule has 126 valence electrons. The highest BCUT2D eigenvalue weighted by Gasteiger charge is 2.25. The molecule has 0 unspecified atom stereocenters. The van der Waals surface area contributed by atoms with Gasteiger partial charge in [-0.3, -0.25) is 0 Å². The van der Waals surface area contributed by atoms with Crippen LogP contribution < -0.4 is 14.4 Å². The lowest BCUT2D eigenvalue weighted by molar-refractivity contribution is 0.265. The zero-order valence-electron chi connectivity index (χ0n) is 14.7. The topological polar surface area (TPSA) is 49.9 Å². The van der Waals surface area contributed by atoms with E-state index in [2.05, 4.69) is 37.6 Å². The molecule has 1 fully saturated rings. The number of benzene rings is 1. The van der Waals surface area contributed by atoms with Crippen molar-refractivity contribution in [2.75, 3.05) is 31.2 Å². The first kappa shape index (κ1) is 17.4. The van der Waals surface area contributed by atoms with Gasteiger partial charge in [-0.25, -0.2) is 0 Å². The molecule has 0 aliphatic carbocycles. The van der Waals surface area contributed by atoms with E-state index in [0.717, 1.165) is 24.5 Å². The van der Waals surface area contributed by atoms with Crippen LogP contribution in [0.4, 0.5) is 11.4 Å². The minimum atomic E-state index is 0.411. The second kappa shape index (κ2) is 8.05. The van der Waals surface area contributed by atoms with Gasteiger partial charge in [0.15, 0.2) is 10.7 Å². The molecule has 0 atom stereocenters. The van der Waals surface area contributed by atoms with Crippen molar-refractivity contribution in [1.82, 2.24) is 0 Å². The molecular weight excluding hydrogens is 290 g/mol. The lowest BCUT2D eigenvalue weighted by Gasteiger charge is -2.22. The third kappa shape index (κ3) is 4.75. The average Bonchev–Trinajstić information content (AvgIpc) is 3.04. The van der Waals surface area contributed by atoms with Gasteiger partial charge in [0.25, 0.3) is 0 Å². The monoisotopic (exact) mass is 318 g/mol. The standard InChI is InChI=1S/C18H28N3O2/c1-13(2)11-22-17-10-16(21-7-5-6-8-21)18(9-15(17)20-19)23-12-14(3)4/h9-10,13-14H,5-8,11-12H2,1-4H3/q+1. The number of hydrogen-bond acceptors (Lipinski definition) is 4. The Kier molecular flexibility index (Phi) is 6.09. The van der Waals surface area contributed by atoms with Crippen molar-refractivity contribution in [2.45, 2.75) is 40.5 Å². The van der Waals surface area contributed by atoms with Gasteiger partial charge in [0.2, 0.25) is 11.1 Å². The number of ether oxygens (including phenoxy) is 2. The quantitative estimate of drug-likeness (QED) is 0.675. The molecule has 1 saturated heterocycles. The predicted molar refractivity (Wildman–Crippen MR) is 93.3 cm³/mol. The zero-order chi connectivity index (χ0) is 16.8. The summed E-state index contributed by atoms with van der Waals surface area (Å²) in [6.07, 6.45) is 2.38. The van der Waals surface area contributed by atoms with Gasteiger partial charge in [0, 0.05) is 19.2 Å². The van der Waals surface area contributed by atoms with Crippen molar-refractivity contribution < 1.29 is 9.47 Å². The molecule has 1 aromatic rings. The minimum absolute atomic E-state index is 0.411. The molecule has 1 heterocycles. The van der Waals surface area contributed by atoms with Gasteiger partial charge in [0.1, 0.15) is 0 Å². The number of nitrogens with zero attached hydrogens (tertiary/aromatic N) is 3. The van der Waals surface area contributed by atoms with Crippen molar-refractivity contribution in [1.29, 1.82) is 5.39 Å². The summed E-state index contributed by atoms with van der Waals surface area (Å²) in [5, 5.41) is 9.32. The molecule has 0 aromatic heterocycles. The van der Waals surface area contributed by atoms with E-state index < -0.39 is 0 Å². The third-order valence-corrected chi connectivity index (χ3v) is 3.74. The Labute approximate surface area is 139 Å². The summed E-state index contributed by atoms with van der Waals surface area (Å²) in [7, 11) is 0. The van der Waals surface area contributed by atoms with E-state index in [4.69, 9.17) is 9.47 Å². The number of rotatable bonds is 7. The normalized spacial score (nSPS) is 14.4. The highest BCUT2D eigenvalue weighted by Crippen LogP contribution is 2.41. The van der Waals surface area contributed by atoms with Gasteiger partial charge in [-0.15, -0.1) is 0 Å². The van der Waals surface area contributed by atoms with Crippen LogP contribution in [0, 0.1) is 17.2 Å². The van der Waals surface area contributed by atoms with Gasteiger partial charge in [0.05, 0.1) is 25.0 Å². The molecule has 5 heteroatoms. The molecule has 0 radical (unpaired) electrons. The minimum Gasteiger partial charge on any atom is -0.491 e. The van der Waals surface area contributed by atoms with E-state index in [-0.39, 0.29) is 0 Å². The van der Waals surface area contributed by atoms with Crippen molar-refractivity contribution in [2.24, 2.45) is 11.8 Å². The van der Waals surface area contributed by atoms with Crippen molar-refractivity contribution in [3.8, 4) is 11.5 Å². The first-order valence-corrected chi connectivity index (χ1v) is 8.55. The number of hydrogen-bond donors (Lipinski definition) is 0. The molecule has 0 saturated carbocycles. The van der Waals surface area contributed by atoms with Gasteiger partial charge in [-0.1, -0.05) is 27.7 Å². The van der Waals surface area contributed by atoms with Crippen LogP contribution in [0.25, 0.3) is 4.98 Å². The second-order valence-electron chi connectivity index (χ2n) is 6.99. The Morgan fingerprint density at radius 1 is 1.00 bits per heavy atom. The van der Waals surface area contributed by atoms with Crippen molar-refractivity contribution >= 4 is 11.4 Å². The van der Waals surface area contributed by atoms with E-state index >= 15 is 0 Å². The van der Waals surface area contributed by atoms with E-state index in [0.29, 0.717) is 36.5 Å². The Morgan fingerprint density at radius 2 is 1.57 bits per heavy atom. The molecule has 1 aliphatic rings. The van der Waals surface area contributed by atoms with Crippen LogP contribution in [-0.2, 0) is 0 Å². The molecular formula is C18H28N3O2+. The van der Waals surface area contributed by atoms with Gasteiger partial charge in [-0.05, 0) is 24.7 Å². The molecule has 0 amide bonds.